The largest absolute Gasteiger partial charge is 0.369 e. The van der Waals surface area contributed by atoms with Gasteiger partial charge in [-0.1, -0.05) is 49.4 Å². The minimum Gasteiger partial charge on any atom is -0.369 e. The molecule has 3 rings (SSSR count). The predicted molar refractivity (Wildman–Crippen MR) is 114 cm³/mol. The maximum atomic E-state index is 12.0. The first kappa shape index (κ1) is 22.1. The van der Waals surface area contributed by atoms with Gasteiger partial charge in [-0.25, -0.2) is 9.67 Å². The van der Waals surface area contributed by atoms with Gasteiger partial charge in [0.25, 0.3) is 0 Å². The third kappa shape index (κ3) is 8.16. The Kier molecular flexibility index (Phi) is 9.41. The van der Waals surface area contributed by atoms with E-state index in [-0.39, 0.29) is 12.5 Å². The highest BCUT2D eigenvalue weighted by atomic mass is 16.2. The number of hydrogen-bond acceptors (Lipinski definition) is 5. The number of imidazole rings is 1. The molecule has 0 radical (unpaired) electrons. The van der Waals surface area contributed by atoms with E-state index >= 15 is 0 Å². The van der Waals surface area contributed by atoms with Crippen molar-refractivity contribution in [3.8, 4) is 0 Å². The Labute approximate surface area is 171 Å². The van der Waals surface area contributed by atoms with Crippen LogP contribution in [0.5, 0.6) is 0 Å². The van der Waals surface area contributed by atoms with Crippen molar-refractivity contribution in [1.29, 1.82) is 0 Å². The third-order valence-corrected chi connectivity index (χ3v) is 4.23. The van der Waals surface area contributed by atoms with E-state index < -0.39 is 0 Å². The van der Waals surface area contributed by atoms with Crippen molar-refractivity contribution in [3.63, 3.8) is 0 Å². The SMILES string of the molecule is CC.Nc1ncc(CCCc2cn(CC(=O)NCCCc3ccccc3)nn2)[nH]1. The van der Waals surface area contributed by atoms with Gasteiger partial charge in [0.2, 0.25) is 5.91 Å². The highest BCUT2D eigenvalue weighted by molar-refractivity contribution is 5.75. The highest BCUT2D eigenvalue weighted by Crippen LogP contribution is 2.06. The van der Waals surface area contributed by atoms with Crippen molar-refractivity contribution in [2.75, 3.05) is 12.3 Å². The van der Waals surface area contributed by atoms with Crippen molar-refractivity contribution in [3.05, 3.63) is 59.7 Å². The molecule has 2 heterocycles. The lowest BCUT2D eigenvalue weighted by atomic mass is 10.1. The fourth-order valence-corrected chi connectivity index (χ4v) is 2.86. The number of nitrogens with two attached hydrogens (primary N) is 1. The van der Waals surface area contributed by atoms with Crippen LogP contribution < -0.4 is 11.1 Å². The van der Waals surface area contributed by atoms with Crippen LogP contribution in [0.1, 0.15) is 43.6 Å². The molecular weight excluding hydrogens is 366 g/mol. The van der Waals surface area contributed by atoms with Crippen molar-refractivity contribution in [1.82, 2.24) is 30.3 Å². The number of amides is 1. The Morgan fingerprint density at radius 1 is 1.14 bits per heavy atom. The molecular formula is C21H31N7O. The highest BCUT2D eigenvalue weighted by Gasteiger charge is 2.06. The van der Waals surface area contributed by atoms with Gasteiger partial charge in [-0.3, -0.25) is 4.79 Å². The Bertz CT molecular complexity index is 842. The molecule has 3 aromatic rings. The van der Waals surface area contributed by atoms with Crippen LogP contribution in [0.4, 0.5) is 5.95 Å². The van der Waals surface area contributed by atoms with Crippen LogP contribution in [-0.4, -0.2) is 37.4 Å². The van der Waals surface area contributed by atoms with E-state index in [9.17, 15) is 4.79 Å². The summed E-state index contributed by atoms with van der Waals surface area (Å²) in [5.74, 6) is 0.387. The molecule has 0 fully saturated rings. The zero-order chi connectivity index (χ0) is 20.9. The number of rotatable bonds is 10. The number of nitrogens with one attached hydrogen (secondary N) is 2. The summed E-state index contributed by atoms with van der Waals surface area (Å²) in [5, 5.41) is 11.1. The summed E-state index contributed by atoms with van der Waals surface area (Å²) in [5.41, 5.74) is 8.72. The van der Waals surface area contributed by atoms with Crippen LogP contribution in [0.3, 0.4) is 0 Å². The second kappa shape index (κ2) is 12.3. The van der Waals surface area contributed by atoms with E-state index in [1.165, 1.54) is 5.56 Å². The van der Waals surface area contributed by atoms with Crippen molar-refractivity contribution < 1.29 is 4.79 Å². The molecule has 0 aliphatic heterocycles. The van der Waals surface area contributed by atoms with Gasteiger partial charge in [-0.05, 0) is 37.7 Å². The maximum Gasteiger partial charge on any atom is 0.241 e. The number of carbonyl (C=O) groups excluding carboxylic acids is 1. The molecule has 0 aliphatic rings. The number of aryl methyl sites for hydroxylation is 3. The number of benzene rings is 1. The minimum atomic E-state index is -0.0487. The van der Waals surface area contributed by atoms with Crippen LogP contribution in [0.2, 0.25) is 0 Å². The van der Waals surface area contributed by atoms with E-state index in [1.807, 2.05) is 38.2 Å². The van der Waals surface area contributed by atoms with E-state index in [2.05, 4.69) is 37.7 Å². The number of hydrogen-bond donors (Lipinski definition) is 3. The lowest BCUT2D eigenvalue weighted by Gasteiger charge is -2.05. The first-order valence-corrected chi connectivity index (χ1v) is 10.2. The molecule has 156 valence electrons. The van der Waals surface area contributed by atoms with E-state index in [1.54, 1.807) is 10.9 Å². The van der Waals surface area contributed by atoms with Crippen LogP contribution in [0.15, 0.2) is 42.7 Å². The number of aromatic amines is 1. The number of H-pyrrole nitrogens is 1. The monoisotopic (exact) mass is 397 g/mol. The molecule has 0 saturated heterocycles. The summed E-state index contributed by atoms with van der Waals surface area (Å²) >= 11 is 0. The van der Waals surface area contributed by atoms with Gasteiger partial charge < -0.3 is 16.0 Å². The quantitative estimate of drug-likeness (QED) is 0.455. The Morgan fingerprint density at radius 2 is 1.93 bits per heavy atom. The van der Waals surface area contributed by atoms with E-state index in [0.717, 1.165) is 43.5 Å². The van der Waals surface area contributed by atoms with E-state index in [4.69, 9.17) is 5.73 Å². The van der Waals surface area contributed by atoms with E-state index in [0.29, 0.717) is 12.5 Å². The molecule has 0 unspecified atom stereocenters. The number of carbonyl (C=O) groups is 1. The van der Waals surface area contributed by atoms with Crippen LogP contribution in [-0.2, 0) is 30.6 Å². The third-order valence-electron chi connectivity index (χ3n) is 4.23. The maximum absolute atomic E-state index is 12.0. The molecule has 2 aromatic heterocycles. The Morgan fingerprint density at radius 3 is 2.66 bits per heavy atom. The zero-order valence-corrected chi connectivity index (χ0v) is 17.3. The fraction of sp³-hybridized carbons (Fsp3) is 0.429. The normalized spacial score (nSPS) is 10.3. The Hall–Kier alpha value is -3.16. The van der Waals surface area contributed by atoms with Gasteiger partial charge in [-0.15, -0.1) is 5.10 Å². The van der Waals surface area contributed by atoms with Crippen LogP contribution >= 0.6 is 0 Å². The Balaban J connectivity index is 0.00000145. The number of nitrogens with zero attached hydrogens (tertiary/aromatic N) is 4. The first-order valence-electron chi connectivity index (χ1n) is 10.2. The molecule has 4 N–H and O–H groups in total. The summed E-state index contributed by atoms with van der Waals surface area (Å²) in [4.78, 5) is 19.0. The lowest BCUT2D eigenvalue weighted by molar-refractivity contribution is -0.121. The molecule has 0 aliphatic carbocycles. The molecule has 0 bridgehead atoms. The molecule has 0 saturated carbocycles. The fourth-order valence-electron chi connectivity index (χ4n) is 2.86. The van der Waals surface area contributed by atoms with Gasteiger partial charge in [0.1, 0.15) is 6.54 Å². The average Bonchev–Trinajstić information content (AvgIpc) is 3.36. The van der Waals surface area contributed by atoms with Gasteiger partial charge in [-0.2, -0.15) is 0 Å². The van der Waals surface area contributed by atoms with Gasteiger partial charge in [0.05, 0.1) is 11.9 Å². The number of aromatic nitrogens is 5. The molecule has 0 spiro atoms. The molecule has 8 nitrogen and oxygen atoms in total. The summed E-state index contributed by atoms with van der Waals surface area (Å²) in [6.07, 6.45) is 7.98. The molecule has 1 aromatic carbocycles. The second-order valence-corrected chi connectivity index (χ2v) is 6.49. The summed E-state index contributed by atoms with van der Waals surface area (Å²) in [7, 11) is 0. The summed E-state index contributed by atoms with van der Waals surface area (Å²) < 4.78 is 1.58. The number of anilines is 1. The lowest BCUT2D eigenvalue weighted by Crippen LogP contribution is -2.28. The standard InChI is InChI=1S/C19H25N7O.C2H6/c20-19-22-12-16(23-19)9-4-10-17-13-26(25-24-17)14-18(27)21-11-5-8-15-6-2-1-3-7-15;1-2/h1-3,6-7,12-13H,4-5,8-11,14H2,(H,21,27)(H3,20,22,23);1-2H3. The second-order valence-electron chi connectivity index (χ2n) is 6.49. The molecule has 8 heteroatoms. The molecule has 1 amide bonds. The topological polar surface area (TPSA) is 115 Å². The average molecular weight is 398 g/mol. The smallest absolute Gasteiger partial charge is 0.241 e. The number of nitrogen functional groups attached to an aromatic ring is 1. The summed E-state index contributed by atoms with van der Waals surface area (Å²) in [6, 6.07) is 10.3. The van der Waals surface area contributed by atoms with Crippen molar-refractivity contribution >= 4 is 11.9 Å². The molecule has 29 heavy (non-hydrogen) atoms. The van der Waals surface area contributed by atoms with Crippen LogP contribution in [0.25, 0.3) is 0 Å². The predicted octanol–water partition coefficient (Wildman–Crippen LogP) is 2.53. The van der Waals surface area contributed by atoms with Gasteiger partial charge in [0, 0.05) is 18.4 Å². The summed E-state index contributed by atoms with van der Waals surface area (Å²) in [6.45, 7) is 4.85. The minimum absolute atomic E-state index is 0.0487. The van der Waals surface area contributed by atoms with Gasteiger partial charge in [0.15, 0.2) is 5.95 Å². The van der Waals surface area contributed by atoms with Crippen molar-refractivity contribution in [2.24, 2.45) is 0 Å². The first-order chi connectivity index (χ1) is 14.2. The van der Waals surface area contributed by atoms with Crippen molar-refractivity contribution in [2.45, 2.75) is 52.5 Å². The van der Waals surface area contributed by atoms with Crippen LogP contribution in [0, 0.1) is 0 Å². The molecule has 0 atom stereocenters. The van der Waals surface area contributed by atoms with Gasteiger partial charge >= 0.3 is 0 Å². The zero-order valence-electron chi connectivity index (χ0n) is 17.3.